The molecule has 2 bridgehead atoms. The molecule has 0 spiro atoms. The molecule has 6 heteroatoms. The van der Waals surface area contributed by atoms with Gasteiger partial charge in [-0.2, -0.15) is 0 Å². The van der Waals surface area contributed by atoms with Crippen LogP contribution in [0.15, 0.2) is 35.3 Å². The monoisotopic (exact) mass is 486 g/mol. The number of nitrogens with one attached hydrogen (secondary N) is 2. The van der Waals surface area contributed by atoms with Crippen molar-refractivity contribution in [3.05, 3.63) is 35.9 Å². The minimum atomic E-state index is 0. The van der Waals surface area contributed by atoms with Gasteiger partial charge in [-0.15, -0.1) is 24.0 Å². The predicted octanol–water partition coefficient (Wildman–Crippen LogP) is 3.56. The topological polar surface area (TPSA) is 48.9 Å². The van der Waals surface area contributed by atoms with Gasteiger partial charge in [0.15, 0.2) is 5.96 Å². The van der Waals surface area contributed by atoms with Crippen LogP contribution in [-0.2, 0) is 4.74 Å². The Balaban J connectivity index is 0.00000261. The summed E-state index contributed by atoms with van der Waals surface area (Å²) in [5.74, 6) is 0.918. The number of nitrogens with zero attached hydrogens (tertiary/aromatic N) is 2. The molecule has 2 fully saturated rings. The summed E-state index contributed by atoms with van der Waals surface area (Å²) in [4.78, 5) is 7.43. The van der Waals surface area contributed by atoms with E-state index in [4.69, 9.17) is 9.73 Å². The third-order valence-electron chi connectivity index (χ3n) is 5.63. The van der Waals surface area contributed by atoms with Gasteiger partial charge >= 0.3 is 0 Å². The van der Waals surface area contributed by atoms with Crippen LogP contribution in [-0.4, -0.2) is 55.3 Å². The fourth-order valence-electron chi connectivity index (χ4n) is 4.23. The van der Waals surface area contributed by atoms with Crippen molar-refractivity contribution >= 4 is 29.9 Å². The number of ether oxygens (including phenoxy) is 1. The number of hydrogen-bond donors (Lipinski definition) is 2. The van der Waals surface area contributed by atoms with E-state index in [1.807, 2.05) is 0 Å². The van der Waals surface area contributed by atoms with Gasteiger partial charge in [-0.25, -0.2) is 0 Å². The number of fused-ring (bicyclic) bond motifs is 2. The van der Waals surface area contributed by atoms with Gasteiger partial charge in [0.2, 0.25) is 0 Å². The molecule has 0 radical (unpaired) electrons. The maximum atomic E-state index is 5.98. The summed E-state index contributed by atoms with van der Waals surface area (Å²) in [6.07, 6.45) is 4.31. The zero-order valence-electron chi connectivity index (χ0n) is 16.9. The van der Waals surface area contributed by atoms with Crippen molar-refractivity contribution in [1.29, 1.82) is 0 Å². The van der Waals surface area contributed by atoms with E-state index < -0.39 is 0 Å². The molecule has 152 valence electrons. The Morgan fingerprint density at radius 1 is 1.19 bits per heavy atom. The summed E-state index contributed by atoms with van der Waals surface area (Å²) in [7, 11) is 0. The number of halogens is 1. The smallest absolute Gasteiger partial charge is 0.191 e. The molecule has 0 aromatic heterocycles. The van der Waals surface area contributed by atoms with Gasteiger partial charge in [-0.1, -0.05) is 44.2 Å². The van der Waals surface area contributed by atoms with E-state index in [1.54, 1.807) is 0 Å². The number of rotatable bonds is 8. The lowest BCUT2D eigenvalue weighted by atomic mass is 9.96. The Morgan fingerprint density at radius 3 is 2.48 bits per heavy atom. The van der Waals surface area contributed by atoms with Crippen LogP contribution in [0.5, 0.6) is 0 Å². The second-order valence-electron chi connectivity index (χ2n) is 7.23. The lowest BCUT2D eigenvalue weighted by molar-refractivity contribution is 0.0992. The normalized spacial score (nSPS) is 25.3. The molecule has 4 unspecified atom stereocenters. The minimum Gasteiger partial charge on any atom is -0.373 e. The third kappa shape index (κ3) is 5.81. The van der Waals surface area contributed by atoms with Crippen LogP contribution in [0.1, 0.15) is 51.6 Å². The predicted molar refractivity (Wildman–Crippen MR) is 123 cm³/mol. The Morgan fingerprint density at radius 2 is 1.93 bits per heavy atom. The number of benzene rings is 1. The molecule has 1 aromatic rings. The summed E-state index contributed by atoms with van der Waals surface area (Å²) in [6.45, 7) is 10.2. The van der Waals surface area contributed by atoms with E-state index >= 15 is 0 Å². The van der Waals surface area contributed by atoms with Crippen molar-refractivity contribution in [2.24, 2.45) is 4.99 Å². The SMILES string of the molecule is CCNC(=NCC(c1ccccc1)N(CC)CC)NC1CC2CCC1O2.I. The molecule has 3 rings (SSSR count). The molecule has 2 aliphatic heterocycles. The lowest BCUT2D eigenvalue weighted by Crippen LogP contribution is -2.47. The van der Waals surface area contributed by atoms with Crippen molar-refractivity contribution in [3.63, 3.8) is 0 Å². The fourth-order valence-corrected chi connectivity index (χ4v) is 4.23. The number of hydrogen-bond acceptors (Lipinski definition) is 3. The first kappa shape index (κ1) is 22.4. The average Bonchev–Trinajstić information content (AvgIpc) is 3.29. The van der Waals surface area contributed by atoms with Gasteiger partial charge in [0.1, 0.15) is 0 Å². The minimum absolute atomic E-state index is 0. The average molecular weight is 486 g/mol. The van der Waals surface area contributed by atoms with Gasteiger partial charge < -0.3 is 15.4 Å². The summed E-state index contributed by atoms with van der Waals surface area (Å²) < 4.78 is 5.98. The molecule has 0 amide bonds. The molecule has 27 heavy (non-hydrogen) atoms. The highest BCUT2D eigenvalue weighted by Crippen LogP contribution is 2.34. The molecule has 0 aliphatic carbocycles. The first-order valence-electron chi connectivity index (χ1n) is 10.2. The second-order valence-corrected chi connectivity index (χ2v) is 7.23. The summed E-state index contributed by atoms with van der Waals surface area (Å²) >= 11 is 0. The second kappa shape index (κ2) is 11.2. The van der Waals surface area contributed by atoms with E-state index in [-0.39, 0.29) is 24.0 Å². The number of likely N-dealkylation sites (N-methyl/N-ethyl adjacent to an activating group) is 1. The van der Waals surface area contributed by atoms with Gasteiger partial charge in [0.25, 0.3) is 0 Å². The highest BCUT2D eigenvalue weighted by atomic mass is 127. The van der Waals surface area contributed by atoms with Crippen molar-refractivity contribution in [2.75, 3.05) is 26.2 Å². The van der Waals surface area contributed by atoms with E-state index in [9.17, 15) is 0 Å². The molecule has 2 saturated heterocycles. The molecular weight excluding hydrogens is 451 g/mol. The first-order chi connectivity index (χ1) is 12.7. The maximum absolute atomic E-state index is 5.98. The summed E-state index contributed by atoms with van der Waals surface area (Å²) in [5, 5.41) is 7.04. The zero-order chi connectivity index (χ0) is 18.4. The largest absolute Gasteiger partial charge is 0.373 e. The Labute approximate surface area is 181 Å². The third-order valence-corrected chi connectivity index (χ3v) is 5.63. The number of guanidine groups is 1. The molecule has 2 heterocycles. The summed E-state index contributed by atoms with van der Waals surface area (Å²) in [6, 6.07) is 11.4. The highest BCUT2D eigenvalue weighted by molar-refractivity contribution is 14.0. The zero-order valence-corrected chi connectivity index (χ0v) is 19.2. The van der Waals surface area contributed by atoms with E-state index in [0.717, 1.165) is 38.6 Å². The van der Waals surface area contributed by atoms with Crippen molar-refractivity contribution in [1.82, 2.24) is 15.5 Å². The Bertz CT molecular complexity index is 579. The van der Waals surface area contributed by atoms with Crippen LogP contribution in [0.2, 0.25) is 0 Å². The molecule has 2 N–H and O–H groups in total. The van der Waals surface area contributed by atoms with E-state index in [0.29, 0.717) is 24.3 Å². The van der Waals surface area contributed by atoms with Crippen LogP contribution in [0.25, 0.3) is 0 Å². The molecule has 2 aliphatic rings. The van der Waals surface area contributed by atoms with Crippen molar-refractivity contribution in [2.45, 2.75) is 64.3 Å². The highest BCUT2D eigenvalue weighted by Gasteiger charge is 2.41. The molecule has 1 aromatic carbocycles. The maximum Gasteiger partial charge on any atom is 0.191 e. The molecule has 0 saturated carbocycles. The van der Waals surface area contributed by atoms with Crippen LogP contribution in [0, 0.1) is 0 Å². The van der Waals surface area contributed by atoms with Crippen LogP contribution in [0.3, 0.4) is 0 Å². The molecule has 5 nitrogen and oxygen atoms in total. The number of aliphatic imine (C=N–C) groups is 1. The molecular formula is C21H35IN4O. The van der Waals surface area contributed by atoms with E-state index in [1.165, 1.54) is 18.4 Å². The Kier molecular flexibility index (Phi) is 9.32. The molecule has 4 atom stereocenters. The fraction of sp³-hybridized carbons (Fsp3) is 0.667. The lowest BCUT2D eigenvalue weighted by Gasteiger charge is -2.29. The van der Waals surface area contributed by atoms with Crippen LogP contribution >= 0.6 is 24.0 Å². The first-order valence-corrected chi connectivity index (χ1v) is 10.2. The van der Waals surface area contributed by atoms with Crippen LogP contribution < -0.4 is 10.6 Å². The van der Waals surface area contributed by atoms with Gasteiger partial charge in [0, 0.05) is 6.54 Å². The quantitative estimate of drug-likeness (QED) is 0.335. The van der Waals surface area contributed by atoms with Crippen LogP contribution in [0.4, 0.5) is 0 Å². The Hall–Kier alpha value is -0.860. The van der Waals surface area contributed by atoms with Crippen molar-refractivity contribution < 1.29 is 4.74 Å². The summed E-state index contributed by atoms with van der Waals surface area (Å²) in [5.41, 5.74) is 1.33. The van der Waals surface area contributed by atoms with E-state index in [2.05, 4.69) is 66.6 Å². The standard InChI is InChI=1S/C21H34N4O.HI/c1-4-22-21(24-18-14-17-12-13-20(18)26-17)23-15-19(25(5-2)6-3)16-10-8-7-9-11-16;/h7-11,17-20H,4-6,12-15H2,1-3H3,(H2,22,23,24);1H. The van der Waals surface area contributed by atoms with Gasteiger partial charge in [-0.3, -0.25) is 9.89 Å². The van der Waals surface area contributed by atoms with Crippen molar-refractivity contribution in [3.8, 4) is 0 Å². The van der Waals surface area contributed by atoms with Gasteiger partial charge in [-0.05, 0) is 44.8 Å². The van der Waals surface area contributed by atoms with Gasteiger partial charge in [0.05, 0.1) is 30.8 Å².